The zero-order chi connectivity index (χ0) is 23.6. The number of amides is 2. The van der Waals surface area contributed by atoms with E-state index in [-0.39, 0.29) is 12.0 Å². The SMILES string of the molecule is CCCCC(C)/C=C(/OC(=O)N1CCN(C(=O)c2ccccc2)CC1)N(C)c1ccccc1. The number of piperazine rings is 1. The number of anilines is 1. The largest absolute Gasteiger partial charge is 0.416 e. The second-order valence-electron chi connectivity index (χ2n) is 8.53. The van der Waals surface area contributed by atoms with Gasteiger partial charge in [0.2, 0.25) is 5.88 Å². The van der Waals surface area contributed by atoms with Gasteiger partial charge < -0.3 is 19.4 Å². The molecular weight excluding hydrogens is 414 g/mol. The fourth-order valence-electron chi connectivity index (χ4n) is 3.86. The number of carbonyl (C=O) groups is 2. The summed E-state index contributed by atoms with van der Waals surface area (Å²) >= 11 is 0. The second-order valence-corrected chi connectivity index (χ2v) is 8.53. The summed E-state index contributed by atoms with van der Waals surface area (Å²) in [5.74, 6) is 0.828. The van der Waals surface area contributed by atoms with Gasteiger partial charge in [0.05, 0.1) is 0 Å². The second kappa shape index (κ2) is 12.1. The smallest absolute Gasteiger partial charge is 0.393 e. The number of unbranched alkanes of at least 4 members (excludes halogenated alkanes) is 1. The van der Waals surface area contributed by atoms with Gasteiger partial charge in [-0.1, -0.05) is 63.1 Å². The van der Waals surface area contributed by atoms with Crippen molar-refractivity contribution < 1.29 is 14.3 Å². The number of carbonyl (C=O) groups excluding carboxylic acids is 2. The molecule has 0 bridgehead atoms. The predicted octanol–water partition coefficient (Wildman–Crippen LogP) is 5.39. The molecule has 1 fully saturated rings. The molecule has 33 heavy (non-hydrogen) atoms. The van der Waals surface area contributed by atoms with Gasteiger partial charge in [0.1, 0.15) is 0 Å². The maximum Gasteiger partial charge on any atom is 0.416 e. The van der Waals surface area contributed by atoms with Crippen LogP contribution in [0.15, 0.2) is 72.6 Å². The number of hydrogen-bond donors (Lipinski definition) is 0. The summed E-state index contributed by atoms with van der Waals surface area (Å²) < 4.78 is 5.91. The van der Waals surface area contributed by atoms with Gasteiger partial charge in [-0.3, -0.25) is 4.79 Å². The third-order valence-corrected chi connectivity index (χ3v) is 5.95. The van der Waals surface area contributed by atoms with Crippen LogP contribution in [0.4, 0.5) is 10.5 Å². The van der Waals surface area contributed by atoms with E-state index >= 15 is 0 Å². The van der Waals surface area contributed by atoms with Crippen molar-refractivity contribution in [1.29, 1.82) is 0 Å². The van der Waals surface area contributed by atoms with Crippen molar-refractivity contribution in [2.24, 2.45) is 5.92 Å². The van der Waals surface area contributed by atoms with Gasteiger partial charge in [-0.15, -0.1) is 0 Å². The monoisotopic (exact) mass is 449 g/mol. The lowest BCUT2D eigenvalue weighted by Gasteiger charge is -2.35. The van der Waals surface area contributed by atoms with Crippen molar-refractivity contribution in [3.8, 4) is 0 Å². The first-order valence-electron chi connectivity index (χ1n) is 11.8. The molecule has 0 radical (unpaired) electrons. The zero-order valence-electron chi connectivity index (χ0n) is 19.9. The normalized spacial score (nSPS) is 15.2. The Morgan fingerprint density at radius 1 is 0.970 bits per heavy atom. The van der Waals surface area contributed by atoms with Gasteiger partial charge in [-0.25, -0.2) is 4.79 Å². The lowest BCUT2D eigenvalue weighted by Crippen LogP contribution is -2.51. The summed E-state index contributed by atoms with van der Waals surface area (Å²) in [7, 11) is 1.91. The van der Waals surface area contributed by atoms with Crippen LogP contribution in [-0.4, -0.2) is 55.0 Å². The van der Waals surface area contributed by atoms with Crippen LogP contribution >= 0.6 is 0 Å². The zero-order valence-corrected chi connectivity index (χ0v) is 19.9. The lowest BCUT2D eigenvalue weighted by atomic mass is 10.0. The van der Waals surface area contributed by atoms with E-state index in [0.717, 1.165) is 24.9 Å². The average molecular weight is 450 g/mol. The van der Waals surface area contributed by atoms with Crippen molar-refractivity contribution >= 4 is 17.7 Å². The van der Waals surface area contributed by atoms with Crippen molar-refractivity contribution in [2.45, 2.75) is 33.1 Å². The number of nitrogens with zero attached hydrogens (tertiary/aromatic N) is 3. The molecule has 1 unspecified atom stereocenters. The highest BCUT2D eigenvalue weighted by atomic mass is 16.6. The molecule has 6 nitrogen and oxygen atoms in total. The molecule has 176 valence electrons. The lowest BCUT2D eigenvalue weighted by molar-refractivity contribution is 0.0604. The minimum atomic E-state index is -0.376. The molecule has 0 N–H and O–H groups in total. The summed E-state index contributed by atoms with van der Waals surface area (Å²) in [6.45, 7) is 6.20. The van der Waals surface area contributed by atoms with Crippen LogP contribution in [0.25, 0.3) is 0 Å². The Balaban J connectivity index is 1.64. The number of rotatable bonds is 8. The number of allylic oxidation sites excluding steroid dienone is 1. The maximum atomic E-state index is 13.0. The van der Waals surface area contributed by atoms with E-state index in [2.05, 4.69) is 13.8 Å². The molecular formula is C27H35N3O3. The Morgan fingerprint density at radius 3 is 2.15 bits per heavy atom. The predicted molar refractivity (Wildman–Crippen MR) is 132 cm³/mol. The Hall–Kier alpha value is -3.28. The van der Waals surface area contributed by atoms with E-state index in [1.165, 1.54) is 0 Å². The van der Waals surface area contributed by atoms with E-state index in [4.69, 9.17) is 4.74 Å². The minimum absolute atomic E-state index is 0.00207. The topological polar surface area (TPSA) is 53.1 Å². The van der Waals surface area contributed by atoms with E-state index < -0.39 is 0 Å². The van der Waals surface area contributed by atoms with Crippen LogP contribution in [-0.2, 0) is 4.74 Å². The maximum absolute atomic E-state index is 13.0. The summed E-state index contributed by atoms with van der Waals surface area (Å²) in [6, 6.07) is 19.1. The number of para-hydroxylation sites is 1. The fourth-order valence-corrected chi connectivity index (χ4v) is 3.86. The Bertz CT molecular complexity index is 922. The molecule has 1 aliphatic heterocycles. The Kier molecular flexibility index (Phi) is 8.93. The molecule has 0 aliphatic carbocycles. The molecule has 6 heteroatoms. The highest BCUT2D eigenvalue weighted by molar-refractivity contribution is 5.94. The molecule has 1 heterocycles. The van der Waals surface area contributed by atoms with Crippen molar-refractivity contribution in [2.75, 3.05) is 38.1 Å². The van der Waals surface area contributed by atoms with E-state index in [1.54, 1.807) is 9.80 Å². The van der Waals surface area contributed by atoms with Crippen LogP contribution in [0.1, 0.15) is 43.5 Å². The molecule has 2 aromatic rings. The van der Waals surface area contributed by atoms with Crippen LogP contribution in [0.3, 0.4) is 0 Å². The van der Waals surface area contributed by atoms with Crippen molar-refractivity contribution in [1.82, 2.24) is 9.80 Å². The summed E-state index contributed by atoms with van der Waals surface area (Å²) in [6.07, 6.45) is 4.97. The van der Waals surface area contributed by atoms with Crippen LogP contribution in [0, 0.1) is 5.92 Å². The fraction of sp³-hybridized carbons (Fsp3) is 0.407. The molecule has 1 saturated heterocycles. The van der Waals surface area contributed by atoms with Crippen LogP contribution in [0.2, 0.25) is 0 Å². The molecule has 2 amide bonds. The minimum Gasteiger partial charge on any atom is -0.393 e. The van der Waals surface area contributed by atoms with Gasteiger partial charge in [-0.05, 0) is 42.7 Å². The molecule has 3 rings (SSSR count). The van der Waals surface area contributed by atoms with Gasteiger partial charge >= 0.3 is 6.09 Å². The standard InChI is InChI=1S/C27H35N3O3/c1-4-5-12-22(2)21-25(28(3)24-15-10-7-11-16-24)33-27(32)30-19-17-29(18-20-30)26(31)23-13-8-6-9-14-23/h6-11,13-16,21-22H,4-5,12,17-20H2,1-3H3/b25-21+. The highest BCUT2D eigenvalue weighted by Gasteiger charge is 2.27. The summed E-state index contributed by atoms with van der Waals surface area (Å²) in [5.41, 5.74) is 1.63. The first-order valence-corrected chi connectivity index (χ1v) is 11.8. The molecule has 0 spiro atoms. The van der Waals surface area contributed by atoms with Crippen molar-refractivity contribution in [3.05, 3.63) is 78.2 Å². The summed E-state index contributed by atoms with van der Waals surface area (Å²) in [5, 5.41) is 0. The van der Waals surface area contributed by atoms with Gasteiger partial charge in [-0.2, -0.15) is 0 Å². The number of ether oxygens (including phenoxy) is 1. The Labute approximate surface area is 197 Å². The molecule has 0 saturated carbocycles. The van der Waals surface area contributed by atoms with E-state index in [9.17, 15) is 9.59 Å². The average Bonchev–Trinajstić information content (AvgIpc) is 2.87. The quantitative estimate of drug-likeness (QED) is 0.508. The van der Waals surface area contributed by atoms with E-state index in [0.29, 0.717) is 43.5 Å². The Morgan fingerprint density at radius 2 is 1.55 bits per heavy atom. The molecule has 2 aromatic carbocycles. The van der Waals surface area contributed by atoms with Crippen molar-refractivity contribution in [3.63, 3.8) is 0 Å². The van der Waals surface area contributed by atoms with E-state index in [1.807, 2.05) is 78.7 Å². The van der Waals surface area contributed by atoms with Gasteiger partial charge in [0.15, 0.2) is 0 Å². The molecule has 1 atom stereocenters. The molecule has 1 aliphatic rings. The third-order valence-electron chi connectivity index (χ3n) is 5.95. The van der Waals surface area contributed by atoms with Gasteiger partial charge in [0, 0.05) is 44.5 Å². The van der Waals surface area contributed by atoms with Crippen LogP contribution < -0.4 is 4.90 Å². The first-order chi connectivity index (χ1) is 16.0. The first kappa shape index (κ1) is 24.4. The van der Waals surface area contributed by atoms with Gasteiger partial charge in [0.25, 0.3) is 5.91 Å². The number of hydrogen-bond acceptors (Lipinski definition) is 4. The summed E-state index contributed by atoms with van der Waals surface area (Å²) in [4.78, 5) is 31.1. The number of benzene rings is 2. The van der Waals surface area contributed by atoms with Crippen LogP contribution in [0.5, 0.6) is 0 Å². The molecule has 0 aromatic heterocycles. The third kappa shape index (κ3) is 6.85. The highest BCUT2D eigenvalue weighted by Crippen LogP contribution is 2.22.